The van der Waals surface area contributed by atoms with Gasteiger partial charge in [0, 0.05) is 6.07 Å². The highest BCUT2D eigenvalue weighted by atomic mass is 32.2. The van der Waals surface area contributed by atoms with Crippen LogP contribution in [0.3, 0.4) is 0 Å². The molecule has 1 N–H and O–H groups in total. The van der Waals surface area contributed by atoms with Crippen LogP contribution in [0.4, 0.5) is 10.1 Å². The van der Waals surface area contributed by atoms with Gasteiger partial charge in [0.25, 0.3) is 15.9 Å². The van der Waals surface area contributed by atoms with Gasteiger partial charge >= 0.3 is 0 Å². The molecule has 184 valence electrons. The maximum absolute atomic E-state index is 13.6. The fourth-order valence-corrected chi connectivity index (χ4v) is 4.54. The second kappa shape index (κ2) is 11.3. The van der Waals surface area contributed by atoms with Gasteiger partial charge in [-0.3, -0.25) is 9.10 Å². The number of hydrogen-bond donors (Lipinski definition) is 1. The Kier molecular flexibility index (Phi) is 8.26. The molecular formula is C24H24FN3O6S. The predicted octanol–water partition coefficient (Wildman–Crippen LogP) is 3.20. The molecule has 9 nitrogen and oxygen atoms in total. The molecule has 35 heavy (non-hydrogen) atoms. The normalized spacial score (nSPS) is 11.2. The van der Waals surface area contributed by atoms with Crippen LogP contribution in [0.25, 0.3) is 0 Å². The molecule has 0 bridgehead atoms. The Morgan fingerprint density at radius 1 is 0.971 bits per heavy atom. The maximum atomic E-state index is 13.6. The summed E-state index contributed by atoms with van der Waals surface area (Å²) in [4.78, 5) is 12.5. The van der Waals surface area contributed by atoms with E-state index < -0.39 is 28.3 Å². The molecule has 0 spiro atoms. The number of amides is 1. The third-order valence-corrected chi connectivity index (χ3v) is 6.61. The zero-order valence-corrected chi connectivity index (χ0v) is 20.1. The molecule has 0 aliphatic carbocycles. The number of nitrogens with one attached hydrogen (secondary N) is 1. The van der Waals surface area contributed by atoms with E-state index >= 15 is 0 Å². The third kappa shape index (κ3) is 6.27. The van der Waals surface area contributed by atoms with E-state index in [2.05, 4.69) is 10.5 Å². The minimum Gasteiger partial charge on any atom is -0.497 e. The Morgan fingerprint density at radius 3 is 2.31 bits per heavy atom. The van der Waals surface area contributed by atoms with Gasteiger partial charge in [-0.25, -0.2) is 18.2 Å². The quantitative estimate of drug-likeness (QED) is 0.338. The lowest BCUT2D eigenvalue weighted by atomic mass is 10.2. The average Bonchev–Trinajstić information content (AvgIpc) is 2.87. The number of hydrazone groups is 1. The van der Waals surface area contributed by atoms with Gasteiger partial charge in [0.1, 0.15) is 18.1 Å². The van der Waals surface area contributed by atoms with Gasteiger partial charge in [-0.1, -0.05) is 12.1 Å². The zero-order valence-electron chi connectivity index (χ0n) is 19.3. The lowest BCUT2D eigenvalue weighted by Crippen LogP contribution is -2.39. The highest BCUT2D eigenvalue weighted by Crippen LogP contribution is 2.32. The first-order chi connectivity index (χ1) is 16.8. The van der Waals surface area contributed by atoms with Crippen LogP contribution in [0.2, 0.25) is 0 Å². The SMILES string of the molecule is COc1ccc(N(CC(=O)N/N=C\c2cccc(F)c2)S(=O)(=O)c2ccc(OC)c(OC)c2)cc1. The summed E-state index contributed by atoms with van der Waals surface area (Å²) in [6.45, 7) is -0.580. The number of benzene rings is 3. The van der Waals surface area contributed by atoms with Crippen LogP contribution in [0.1, 0.15) is 5.56 Å². The van der Waals surface area contributed by atoms with E-state index in [1.165, 1.54) is 76.1 Å². The van der Waals surface area contributed by atoms with Crippen molar-refractivity contribution < 1.29 is 31.8 Å². The Balaban J connectivity index is 1.90. The molecule has 0 aliphatic heterocycles. The van der Waals surface area contributed by atoms with Gasteiger partial charge in [0.2, 0.25) is 0 Å². The lowest BCUT2D eigenvalue weighted by molar-refractivity contribution is -0.119. The fraction of sp³-hybridized carbons (Fsp3) is 0.167. The van der Waals surface area contributed by atoms with E-state index in [1.54, 1.807) is 18.2 Å². The van der Waals surface area contributed by atoms with Gasteiger partial charge in [-0.2, -0.15) is 5.10 Å². The molecule has 0 heterocycles. The van der Waals surface area contributed by atoms with Crippen molar-refractivity contribution in [1.82, 2.24) is 5.43 Å². The number of sulfonamides is 1. The van der Waals surface area contributed by atoms with Gasteiger partial charge in [0.05, 0.1) is 38.1 Å². The molecule has 3 rings (SSSR count). The highest BCUT2D eigenvalue weighted by molar-refractivity contribution is 7.92. The molecule has 0 atom stereocenters. The van der Waals surface area contributed by atoms with Gasteiger partial charge in [-0.15, -0.1) is 0 Å². The molecule has 0 unspecified atom stereocenters. The van der Waals surface area contributed by atoms with Crippen molar-refractivity contribution in [3.8, 4) is 17.2 Å². The minimum absolute atomic E-state index is 0.109. The second-order valence-corrected chi connectivity index (χ2v) is 8.94. The molecule has 11 heteroatoms. The van der Waals surface area contributed by atoms with E-state index in [1.807, 2.05) is 0 Å². The smallest absolute Gasteiger partial charge is 0.264 e. The number of methoxy groups -OCH3 is 3. The van der Waals surface area contributed by atoms with Crippen LogP contribution in [-0.2, 0) is 14.8 Å². The molecular weight excluding hydrogens is 477 g/mol. The number of hydrogen-bond acceptors (Lipinski definition) is 7. The molecule has 3 aromatic rings. The molecule has 0 aliphatic rings. The maximum Gasteiger partial charge on any atom is 0.264 e. The van der Waals surface area contributed by atoms with Gasteiger partial charge in [0.15, 0.2) is 11.5 Å². The predicted molar refractivity (Wildman–Crippen MR) is 129 cm³/mol. The van der Waals surface area contributed by atoms with Crippen molar-refractivity contribution in [2.75, 3.05) is 32.2 Å². The van der Waals surface area contributed by atoms with Crippen molar-refractivity contribution in [3.63, 3.8) is 0 Å². The minimum atomic E-state index is -4.21. The molecule has 1 amide bonds. The van der Waals surface area contributed by atoms with E-state index in [9.17, 15) is 17.6 Å². The first kappa shape index (κ1) is 25.5. The van der Waals surface area contributed by atoms with E-state index in [0.717, 1.165) is 4.31 Å². The van der Waals surface area contributed by atoms with E-state index in [4.69, 9.17) is 14.2 Å². The summed E-state index contributed by atoms with van der Waals surface area (Å²) in [7, 11) is 0.0922. The molecule has 0 aromatic heterocycles. The number of rotatable bonds is 10. The van der Waals surface area contributed by atoms with Crippen molar-refractivity contribution in [2.24, 2.45) is 5.10 Å². The van der Waals surface area contributed by atoms with Crippen molar-refractivity contribution in [2.45, 2.75) is 4.90 Å². The van der Waals surface area contributed by atoms with E-state index in [-0.39, 0.29) is 16.3 Å². The number of nitrogens with zero attached hydrogens (tertiary/aromatic N) is 2. The summed E-state index contributed by atoms with van der Waals surface area (Å²) >= 11 is 0. The summed E-state index contributed by atoms with van der Waals surface area (Å²) < 4.78 is 56.9. The van der Waals surface area contributed by atoms with Crippen LogP contribution in [0, 0.1) is 5.82 Å². The highest BCUT2D eigenvalue weighted by Gasteiger charge is 2.28. The Labute approximate surface area is 202 Å². The van der Waals surface area contributed by atoms with Crippen molar-refractivity contribution in [1.29, 1.82) is 0 Å². The molecule has 0 saturated carbocycles. The number of ether oxygens (including phenoxy) is 3. The standard InChI is InChI=1S/C24H24FN3O6S/c1-32-20-9-7-19(8-10-20)28(16-24(29)27-26-15-17-5-4-6-18(25)13-17)35(30,31)21-11-12-22(33-2)23(14-21)34-3/h4-15H,16H2,1-3H3,(H,27,29)/b26-15-. The van der Waals surface area contributed by atoms with Crippen molar-refractivity contribution >= 4 is 27.8 Å². The van der Waals surface area contributed by atoms with E-state index in [0.29, 0.717) is 17.1 Å². The third-order valence-electron chi connectivity index (χ3n) is 4.84. The second-order valence-electron chi connectivity index (χ2n) is 7.07. The summed E-state index contributed by atoms with van der Waals surface area (Å²) in [5.41, 5.74) is 2.92. The van der Waals surface area contributed by atoms with Crippen LogP contribution in [0.5, 0.6) is 17.2 Å². The first-order valence-corrected chi connectivity index (χ1v) is 11.7. The summed E-state index contributed by atoms with van der Waals surface area (Å²) in [5.74, 6) is -0.0786. The molecule has 3 aromatic carbocycles. The van der Waals surface area contributed by atoms with Gasteiger partial charge in [-0.05, 0) is 54.1 Å². The lowest BCUT2D eigenvalue weighted by Gasteiger charge is -2.24. The zero-order chi connectivity index (χ0) is 25.4. The van der Waals surface area contributed by atoms with Crippen LogP contribution >= 0.6 is 0 Å². The molecule has 0 fully saturated rings. The monoisotopic (exact) mass is 501 g/mol. The summed E-state index contributed by atoms with van der Waals surface area (Å²) in [6.07, 6.45) is 1.25. The Bertz CT molecular complexity index is 1310. The first-order valence-electron chi connectivity index (χ1n) is 10.2. The molecule has 0 saturated heterocycles. The number of halogens is 1. The van der Waals surface area contributed by atoms with Crippen molar-refractivity contribution in [3.05, 3.63) is 78.1 Å². The Hall–Kier alpha value is -4.12. The number of anilines is 1. The number of carbonyl (C=O) groups is 1. The largest absolute Gasteiger partial charge is 0.497 e. The fourth-order valence-electron chi connectivity index (χ4n) is 3.10. The van der Waals surface area contributed by atoms with Crippen LogP contribution in [-0.4, -0.2) is 48.4 Å². The summed E-state index contributed by atoms with van der Waals surface area (Å²) in [5, 5.41) is 3.79. The van der Waals surface area contributed by atoms with Crippen LogP contribution < -0.4 is 23.9 Å². The topological polar surface area (TPSA) is 107 Å². The number of carbonyl (C=O) groups excluding carboxylic acids is 1. The average molecular weight is 502 g/mol. The molecule has 0 radical (unpaired) electrons. The Morgan fingerprint density at radius 2 is 1.69 bits per heavy atom. The summed E-state index contributed by atoms with van der Waals surface area (Å²) in [6, 6.07) is 15.9. The van der Waals surface area contributed by atoms with Crippen LogP contribution in [0.15, 0.2) is 76.7 Å². The van der Waals surface area contributed by atoms with Gasteiger partial charge < -0.3 is 14.2 Å².